The van der Waals surface area contributed by atoms with E-state index in [4.69, 9.17) is 4.74 Å². The summed E-state index contributed by atoms with van der Waals surface area (Å²) in [6.45, 7) is 3.68. The van der Waals surface area contributed by atoms with Crippen LogP contribution in [0.25, 0.3) is 0 Å². The van der Waals surface area contributed by atoms with Crippen LogP contribution in [-0.4, -0.2) is 44.1 Å². The zero-order valence-corrected chi connectivity index (χ0v) is 13.1. The molecule has 1 atom stereocenters. The fourth-order valence-electron chi connectivity index (χ4n) is 2.67. The van der Waals surface area contributed by atoms with E-state index in [0.717, 1.165) is 37.2 Å². The van der Waals surface area contributed by atoms with Crippen molar-refractivity contribution in [2.45, 2.75) is 25.8 Å². The van der Waals surface area contributed by atoms with Crippen LogP contribution in [0, 0.1) is 6.92 Å². The van der Waals surface area contributed by atoms with Gasteiger partial charge in [-0.3, -0.25) is 4.79 Å². The van der Waals surface area contributed by atoms with Gasteiger partial charge in [0, 0.05) is 24.7 Å². The minimum atomic E-state index is 0. The number of aryl methyl sites for hydroxylation is 1. The number of rotatable bonds is 4. The third-order valence-corrected chi connectivity index (χ3v) is 3.73. The molecule has 1 fully saturated rings. The summed E-state index contributed by atoms with van der Waals surface area (Å²) >= 11 is 0. The first-order valence-electron chi connectivity index (χ1n) is 6.77. The van der Waals surface area contributed by atoms with Gasteiger partial charge >= 0.3 is 0 Å². The summed E-state index contributed by atoms with van der Waals surface area (Å²) in [5, 5.41) is 3.16. The van der Waals surface area contributed by atoms with Crippen LogP contribution < -0.4 is 10.1 Å². The number of amides is 1. The summed E-state index contributed by atoms with van der Waals surface area (Å²) in [5.74, 6) is 0.881. The number of methoxy groups -OCH3 is 1. The van der Waals surface area contributed by atoms with Crippen molar-refractivity contribution in [1.29, 1.82) is 0 Å². The Labute approximate surface area is 126 Å². The van der Waals surface area contributed by atoms with Crippen molar-refractivity contribution >= 4 is 18.3 Å². The van der Waals surface area contributed by atoms with Gasteiger partial charge in [0.05, 0.1) is 7.11 Å². The molecule has 0 aliphatic carbocycles. The zero-order valence-electron chi connectivity index (χ0n) is 12.3. The van der Waals surface area contributed by atoms with E-state index in [9.17, 15) is 4.79 Å². The summed E-state index contributed by atoms with van der Waals surface area (Å²) in [6.07, 6.45) is 2.16. The molecule has 1 heterocycles. The minimum Gasteiger partial charge on any atom is -0.496 e. The molecule has 1 aliphatic heterocycles. The second kappa shape index (κ2) is 7.50. The van der Waals surface area contributed by atoms with Crippen molar-refractivity contribution in [2.75, 3.05) is 27.2 Å². The smallest absolute Gasteiger partial charge is 0.254 e. The first-order chi connectivity index (χ1) is 9.17. The molecule has 1 aromatic carbocycles. The monoisotopic (exact) mass is 298 g/mol. The Morgan fingerprint density at radius 3 is 2.90 bits per heavy atom. The van der Waals surface area contributed by atoms with E-state index < -0.39 is 0 Å². The molecule has 1 N–H and O–H groups in total. The molecule has 0 radical (unpaired) electrons. The molecule has 1 aliphatic rings. The van der Waals surface area contributed by atoms with Crippen LogP contribution in [0.4, 0.5) is 0 Å². The van der Waals surface area contributed by atoms with Crippen LogP contribution in [0.3, 0.4) is 0 Å². The van der Waals surface area contributed by atoms with Crippen LogP contribution in [0.2, 0.25) is 0 Å². The van der Waals surface area contributed by atoms with Gasteiger partial charge in [-0.25, -0.2) is 0 Å². The number of ether oxygens (including phenoxy) is 1. The second-order valence-electron chi connectivity index (χ2n) is 5.04. The van der Waals surface area contributed by atoms with Crippen LogP contribution in [0.5, 0.6) is 5.75 Å². The van der Waals surface area contributed by atoms with Gasteiger partial charge in [0.15, 0.2) is 0 Å². The number of halogens is 1. The number of carbonyl (C=O) groups is 1. The molecule has 112 valence electrons. The SMILES string of the molecule is CNCC1CCCN1C(=O)c1ccc(C)c(OC)c1.Cl. The maximum atomic E-state index is 12.6. The number of carbonyl (C=O) groups excluding carboxylic acids is 1. The molecule has 4 nitrogen and oxygen atoms in total. The van der Waals surface area contributed by atoms with Gasteiger partial charge in [-0.05, 0) is 44.5 Å². The Bertz CT molecular complexity index is 465. The molecule has 0 spiro atoms. The molecular formula is C15H23ClN2O2. The van der Waals surface area contributed by atoms with Crippen molar-refractivity contribution in [3.05, 3.63) is 29.3 Å². The third kappa shape index (κ3) is 3.44. The highest BCUT2D eigenvalue weighted by Crippen LogP contribution is 2.23. The van der Waals surface area contributed by atoms with Crippen LogP contribution in [0.15, 0.2) is 18.2 Å². The average Bonchev–Trinajstić information content (AvgIpc) is 2.87. The van der Waals surface area contributed by atoms with Crippen molar-refractivity contribution in [3.8, 4) is 5.75 Å². The molecule has 0 bridgehead atoms. The molecule has 5 heteroatoms. The van der Waals surface area contributed by atoms with Crippen LogP contribution >= 0.6 is 12.4 Å². The molecule has 2 rings (SSSR count). The van der Waals surface area contributed by atoms with Crippen LogP contribution in [0.1, 0.15) is 28.8 Å². The summed E-state index contributed by atoms with van der Waals surface area (Å²) in [5.41, 5.74) is 1.76. The summed E-state index contributed by atoms with van der Waals surface area (Å²) < 4.78 is 5.29. The quantitative estimate of drug-likeness (QED) is 0.927. The highest BCUT2D eigenvalue weighted by molar-refractivity contribution is 5.95. The molecule has 1 aromatic rings. The van der Waals surface area contributed by atoms with E-state index >= 15 is 0 Å². The van der Waals surface area contributed by atoms with E-state index in [0.29, 0.717) is 11.6 Å². The average molecular weight is 299 g/mol. The van der Waals surface area contributed by atoms with Gasteiger partial charge in [0.1, 0.15) is 5.75 Å². The molecule has 20 heavy (non-hydrogen) atoms. The largest absolute Gasteiger partial charge is 0.496 e. The molecule has 0 aromatic heterocycles. The van der Waals surface area contributed by atoms with Crippen molar-refractivity contribution in [2.24, 2.45) is 0 Å². The van der Waals surface area contributed by atoms with E-state index in [2.05, 4.69) is 5.32 Å². The van der Waals surface area contributed by atoms with E-state index in [-0.39, 0.29) is 18.3 Å². The van der Waals surface area contributed by atoms with Crippen LogP contribution in [-0.2, 0) is 0 Å². The Morgan fingerprint density at radius 1 is 1.50 bits per heavy atom. The van der Waals surface area contributed by atoms with Gasteiger partial charge < -0.3 is 15.0 Å². The topological polar surface area (TPSA) is 41.6 Å². The van der Waals surface area contributed by atoms with Gasteiger partial charge in [-0.1, -0.05) is 6.07 Å². The van der Waals surface area contributed by atoms with Crippen molar-refractivity contribution in [1.82, 2.24) is 10.2 Å². The van der Waals surface area contributed by atoms with E-state index in [1.54, 1.807) is 7.11 Å². The van der Waals surface area contributed by atoms with E-state index in [1.165, 1.54) is 0 Å². The third-order valence-electron chi connectivity index (χ3n) is 3.73. The lowest BCUT2D eigenvalue weighted by Gasteiger charge is -2.24. The molecule has 1 unspecified atom stereocenters. The predicted octanol–water partition coefficient (Wildman–Crippen LogP) is 2.25. The number of nitrogens with zero attached hydrogens (tertiary/aromatic N) is 1. The lowest BCUT2D eigenvalue weighted by molar-refractivity contribution is 0.0736. The minimum absolute atomic E-state index is 0. The Morgan fingerprint density at radius 2 is 2.25 bits per heavy atom. The Balaban J connectivity index is 0.00000200. The Kier molecular flexibility index (Phi) is 6.30. The lowest BCUT2D eigenvalue weighted by Crippen LogP contribution is -2.40. The molecular weight excluding hydrogens is 276 g/mol. The number of likely N-dealkylation sites (N-methyl/N-ethyl adjacent to an activating group) is 1. The lowest BCUT2D eigenvalue weighted by atomic mass is 10.1. The maximum Gasteiger partial charge on any atom is 0.254 e. The summed E-state index contributed by atoms with van der Waals surface area (Å²) in [4.78, 5) is 14.5. The normalized spacial score (nSPS) is 17.8. The number of benzene rings is 1. The first kappa shape index (κ1) is 16.8. The number of hydrogen-bond donors (Lipinski definition) is 1. The number of likely N-dealkylation sites (tertiary alicyclic amines) is 1. The summed E-state index contributed by atoms with van der Waals surface area (Å²) in [7, 11) is 3.56. The molecule has 1 amide bonds. The maximum absolute atomic E-state index is 12.6. The fraction of sp³-hybridized carbons (Fsp3) is 0.533. The van der Waals surface area contributed by atoms with Gasteiger partial charge in [-0.2, -0.15) is 0 Å². The second-order valence-corrected chi connectivity index (χ2v) is 5.04. The Hall–Kier alpha value is -1.26. The van der Waals surface area contributed by atoms with Crippen molar-refractivity contribution < 1.29 is 9.53 Å². The highest BCUT2D eigenvalue weighted by atomic mass is 35.5. The standard InChI is InChI=1S/C15H22N2O2.ClH/c1-11-6-7-12(9-14(11)19-3)15(18)17-8-4-5-13(17)10-16-2;/h6-7,9,13,16H,4-5,8,10H2,1-3H3;1H. The van der Waals surface area contributed by atoms with Gasteiger partial charge in [-0.15, -0.1) is 12.4 Å². The summed E-state index contributed by atoms with van der Waals surface area (Å²) in [6, 6.07) is 5.97. The highest BCUT2D eigenvalue weighted by Gasteiger charge is 2.28. The number of hydrogen-bond acceptors (Lipinski definition) is 3. The first-order valence-corrected chi connectivity index (χ1v) is 6.77. The molecule has 1 saturated heterocycles. The fourth-order valence-corrected chi connectivity index (χ4v) is 2.67. The van der Waals surface area contributed by atoms with E-state index in [1.807, 2.05) is 37.1 Å². The van der Waals surface area contributed by atoms with Gasteiger partial charge in [0.25, 0.3) is 5.91 Å². The zero-order chi connectivity index (χ0) is 13.8. The van der Waals surface area contributed by atoms with Crippen molar-refractivity contribution in [3.63, 3.8) is 0 Å². The van der Waals surface area contributed by atoms with Gasteiger partial charge in [0.2, 0.25) is 0 Å². The predicted molar refractivity (Wildman–Crippen MR) is 83.0 cm³/mol. The number of nitrogens with one attached hydrogen (secondary N) is 1. The molecule has 0 saturated carbocycles.